The van der Waals surface area contributed by atoms with Gasteiger partial charge in [-0.3, -0.25) is 4.79 Å². The number of sulfone groups is 2. The Morgan fingerprint density at radius 1 is 1.07 bits per heavy atom. The van der Waals surface area contributed by atoms with Crippen molar-refractivity contribution >= 4 is 31.3 Å². The maximum Gasteiger partial charge on any atom is 0.255 e. The minimum absolute atomic E-state index is 0.0621. The first-order valence-electron chi connectivity index (χ1n) is 8.50. The molecule has 2 aliphatic rings. The first kappa shape index (κ1) is 18.8. The number of ether oxygens (including phenoxy) is 2. The van der Waals surface area contributed by atoms with Gasteiger partial charge < -0.3 is 14.8 Å². The first-order valence-corrected chi connectivity index (χ1v) is 11.9. The molecule has 0 bridgehead atoms. The zero-order valence-electron chi connectivity index (χ0n) is 14.6. The number of fused-ring (bicyclic) bond motifs is 1. The molecule has 28 heavy (non-hydrogen) atoms. The molecule has 1 unspecified atom stereocenters. The second kappa shape index (κ2) is 6.78. The third-order valence-electron chi connectivity index (χ3n) is 4.68. The van der Waals surface area contributed by atoms with Gasteiger partial charge in [0.1, 0.15) is 0 Å². The Balaban J connectivity index is 1.56. The van der Waals surface area contributed by atoms with Crippen LogP contribution in [0.4, 0.5) is 5.69 Å². The zero-order chi connectivity index (χ0) is 19.9. The fraction of sp³-hybridized carbons (Fsp3) is 0.278. The van der Waals surface area contributed by atoms with E-state index in [1.54, 1.807) is 18.2 Å². The van der Waals surface area contributed by atoms with E-state index in [-0.39, 0.29) is 35.2 Å². The number of hydrogen-bond donors (Lipinski definition) is 1. The highest BCUT2D eigenvalue weighted by molar-refractivity contribution is 7.96. The number of amides is 1. The summed E-state index contributed by atoms with van der Waals surface area (Å²) in [5.41, 5.74) is 0.629. The van der Waals surface area contributed by atoms with Crippen LogP contribution in [0.25, 0.3) is 0 Å². The molecular weight excluding hydrogens is 406 g/mol. The molecule has 2 aliphatic heterocycles. The van der Waals surface area contributed by atoms with Crippen LogP contribution in [0.1, 0.15) is 16.8 Å². The number of benzene rings is 2. The van der Waals surface area contributed by atoms with Crippen molar-refractivity contribution in [1.29, 1.82) is 0 Å². The van der Waals surface area contributed by atoms with Gasteiger partial charge in [0, 0.05) is 17.3 Å². The summed E-state index contributed by atoms with van der Waals surface area (Å²) in [6, 6.07) is 10.5. The molecule has 1 atom stereocenters. The highest BCUT2D eigenvalue weighted by Gasteiger charge is 2.38. The second-order valence-corrected chi connectivity index (χ2v) is 11.1. The molecule has 0 saturated carbocycles. The lowest BCUT2D eigenvalue weighted by Gasteiger charge is -2.12. The van der Waals surface area contributed by atoms with Crippen molar-refractivity contribution in [2.24, 2.45) is 0 Å². The minimum Gasteiger partial charge on any atom is -0.454 e. The van der Waals surface area contributed by atoms with E-state index >= 15 is 0 Å². The number of hydrogen-bond acceptors (Lipinski definition) is 7. The topological polar surface area (TPSA) is 116 Å². The Morgan fingerprint density at radius 2 is 1.86 bits per heavy atom. The quantitative estimate of drug-likeness (QED) is 0.794. The van der Waals surface area contributed by atoms with E-state index in [2.05, 4.69) is 5.32 Å². The number of carbonyl (C=O) groups is 1. The molecule has 0 aliphatic carbocycles. The molecule has 1 N–H and O–H groups in total. The summed E-state index contributed by atoms with van der Waals surface area (Å²) in [7, 11) is -7.18. The average molecular weight is 423 g/mol. The molecule has 1 amide bonds. The van der Waals surface area contributed by atoms with Crippen LogP contribution in [0.15, 0.2) is 47.4 Å². The molecule has 2 aromatic carbocycles. The van der Waals surface area contributed by atoms with Crippen molar-refractivity contribution in [1.82, 2.24) is 0 Å². The van der Waals surface area contributed by atoms with Crippen molar-refractivity contribution in [3.63, 3.8) is 0 Å². The molecule has 4 rings (SSSR count). The van der Waals surface area contributed by atoms with Crippen molar-refractivity contribution < 1.29 is 31.1 Å². The lowest BCUT2D eigenvalue weighted by atomic mass is 10.2. The highest BCUT2D eigenvalue weighted by Crippen LogP contribution is 2.34. The van der Waals surface area contributed by atoms with Gasteiger partial charge in [-0.1, -0.05) is 6.07 Å². The van der Waals surface area contributed by atoms with Crippen molar-refractivity contribution in [2.75, 3.05) is 23.6 Å². The van der Waals surface area contributed by atoms with Crippen LogP contribution in [0.2, 0.25) is 0 Å². The lowest BCUT2D eigenvalue weighted by molar-refractivity contribution is 0.102. The molecule has 148 valence electrons. The van der Waals surface area contributed by atoms with Gasteiger partial charge in [-0.25, -0.2) is 16.8 Å². The molecule has 0 aromatic heterocycles. The van der Waals surface area contributed by atoms with E-state index < -0.39 is 30.8 Å². The molecule has 2 heterocycles. The minimum atomic E-state index is -3.84. The number of nitrogens with one attached hydrogen (secondary N) is 1. The van der Waals surface area contributed by atoms with Gasteiger partial charge in [-0.15, -0.1) is 0 Å². The molecular formula is C18H17NO7S2. The zero-order valence-corrected chi connectivity index (χ0v) is 16.3. The normalized spacial score (nSPS) is 20.1. The number of rotatable bonds is 4. The van der Waals surface area contributed by atoms with E-state index in [1.165, 1.54) is 24.3 Å². The summed E-state index contributed by atoms with van der Waals surface area (Å²) >= 11 is 0. The van der Waals surface area contributed by atoms with Crippen molar-refractivity contribution in [2.45, 2.75) is 16.6 Å². The summed E-state index contributed by atoms with van der Waals surface area (Å²) in [5.74, 6) is 0.0774. The molecule has 2 aromatic rings. The maximum absolute atomic E-state index is 12.8. The maximum atomic E-state index is 12.8. The molecule has 10 heteroatoms. The third-order valence-corrected chi connectivity index (χ3v) is 8.85. The SMILES string of the molecule is O=C(Nc1ccc2c(c1)OCO2)c1cccc(S(=O)(=O)C2CCS(=O)(=O)C2)c1. The van der Waals surface area contributed by atoms with Crippen LogP contribution >= 0.6 is 0 Å². The molecule has 8 nitrogen and oxygen atoms in total. The average Bonchev–Trinajstić information content (AvgIpc) is 3.27. The fourth-order valence-corrected chi connectivity index (χ4v) is 7.59. The van der Waals surface area contributed by atoms with Gasteiger partial charge in [-0.2, -0.15) is 0 Å². The predicted octanol–water partition coefficient (Wildman–Crippen LogP) is 1.63. The Hall–Kier alpha value is -2.59. The van der Waals surface area contributed by atoms with Crippen LogP contribution in [0.3, 0.4) is 0 Å². The largest absolute Gasteiger partial charge is 0.454 e. The van der Waals surface area contributed by atoms with E-state index in [4.69, 9.17) is 9.47 Å². The Kier molecular flexibility index (Phi) is 4.54. The van der Waals surface area contributed by atoms with E-state index in [1.807, 2.05) is 0 Å². The lowest BCUT2D eigenvalue weighted by Crippen LogP contribution is -2.23. The molecule has 0 spiro atoms. The number of carbonyl (C=O) groups excluding carboxylic acids is 1. The Labute approximate surface area is 162 Å². The van der Waals surface area contributed by atoms with Gasteiger partial charge in [0.25, 0.3) is 5.91 Å². The van der Waals surface area contributed by atoms with Gasteiger partial charge in [0.2, 0.25) is 6.79 Å². The van der Waals surface area contributed by atoms with E-state index in [9.17, 15) is 21.6 Å². The van der Waals surface area contributed by atoms with E-state index in [0.717, 1.165) is 0 Å². The van der Waals surface area contributed by atoms with Crippen LogP contribution in [0.5, 0.6) is 11.5 Å². The Morgan fingerprint density at radius 3 is 2.61 bits per heavy atom. The summed E-state index contributed by atoms with van der Waals surface area (Å²) in [6.07, 6.45) is 0.0677. The second-order valence-electron chi connectivity index (χ2n) is 6.62. The summed E-state index contributed by atoms with van der Waals surface area (Å²) in [4.78, 5) is 12.5. The van der Waals surface area contributed by atoms with Gasteiger partial charge in [0.15, 0.2) is 31.2 Å². The third kappa shape index (κ3) is 3.57. The van der Waals surface area contributed by atoms with Crippen LogP contribution in [0, 0.1) is 0 Å². The highest BCUT2D eigenvalue weighted by atomic mass is 32.2. The van der Waals surface area contributed by atoms with Crippen molar-refractivity contribution in [3.05, 3.63) is 48.0 Å². The number of anilines is 1. The van der Waals surface area contributed by atoms with Gasteiger partial charge >= 0.3 is 0 Å². The van der Waals surface area contributed by atoms with Crippen molar-refractivity contribution in [3.8, 4) is 11.5 Å². The van der Waals surface area contributed by atoms with Crippen LogP contribution in [-0.2, 0) is 19.7 Å². The summed E-state index contributed by atoms with van der Waals surface area (Å²) in [6.45, 7) is 0.115. The Bertz CT molecular complexity index is 1160. The predicted molar refractivity (Wildman–Crippen MR) is 101 cm³/mol. The van der Waals surface area contributed by atoms with E-state index in [0.29, 0.717) is 17.2 Å². The standard InChI is InChI=1S/C18H17NO7S2/c20-18(19-13-4-5-16-17(9-13)26-11-25-16)12-2-1-3-14(8-12)28(23,24)15-6-7-27(21,22)10-15/h1-5,8-9,15H,6-7,10-11H2,(H,19,20). The smallest absolute Gasteiger partial charge is 0.255 e. The summed E-state index contributed by atoms with van der Waals surface area (Å²) in [5, 5.41) is 1.70. The monoisotopic (exact) mass is 423 g/mol. The van der Waals surface area contributed by atoms with Crippen LogP contribution < -0.4 is 14.8 Å². The fourth-order valence-electron chi connectivity index (χ4n) is 3.19. The summed E-state index contributed by atoms with van der Waals surface area (Å²) < 4.78 is 59.3. The molecule has 1 fully saturated rings. The first-order chi connectivity index (χ1) is 13.2. The van der Waals surface area contributed by atoms with Gasteiger partial charge in [-0.05, 0) is 36.8 Å². The van der Waals surface area contributed by atoms with Gasteiger partial charge in [0.05, 0.1) is 21.7 Å². The molecule has 1 saturated heterocycles. The van der Waals surface area contributed by atoms with Crippen LogP contribution in [-0.4, -0.2) is 46.3 Å². The molecule has 0 radical (unpaired) electrons.